The predicted molar refractivity (Wildman–Crippen MR) is 58.5 cm³/mol. The maximum absolute atomic E-state index is 5.70. The maximum atomic E-state index is 5.70. The summed E-state index contributed by atoms with van der Waals surface area (Å²) >= 11 is 0. The van der Waals surface area contributed by atoms with Gasteiger partial charge in [0.15, 0.2) is 0 Å². The first-order chi connectivity index (χ1) is 6.83. The van der Waals surface area contributed by atoms with Crippen molar-refractivity contribution in [2.45, 2.75) is 46.0 Å². The molecule has 0 aromatic heterocycles. The number of ether oxygens (including phenoxy) is 2. The van der Waals surface area contributed by atoms with Gasteiger partial charge in [-0.15, -0.1) is 0 Å². The van der Waals surface area contributed by atoms with Gasteiger partial charge in [0.25, 0.3) is 0 Å². The second-order valence-corrected chi connectivity index (χ2v) is 4.46. The van der Waals surface area contributed by atoms with Crippen LogP contribution in [0.2, 0.25) is 0 Å². The molecule has 0 atom stereocenters. The molecule has 0 amide bonds. The monoisotopic (exact) mass is 200 g/mol. The van der Waals surface area contributed by atoms with E-state index in [1.807, 2.05) is 0 Å². The van der Waals surface area contributed by atoms with Crippen LogP contribution < -0.4 is 0 Å². The summed E-state index contributed by atoms with van der Waals surface area (Å²) in [6, 6.07) is 0. The van der Waals surface area contributed by atoms with Crippen molar-refractivity contribution in [2.24, 2.45) is 5.41 Å². The third-order valence-corrected chi connectivity index (χ3v) is 3.12. The minimum Gasteiger partial charge on any atom is -0.381 e. The highest BCUT2D eigenvalue weighted by Gasteiger charge is 2.36. The molecule has 0 radical (unpaired) electrons. The largest absolute Gasteiger partial charge is 0.381 e. The Morgan fingerprint density at radius 3 is 2.43 bits per heavy atom. The van der Waals surface area contributed by atoms with Gasteiger partial charge in [-0.25, -0.2) is 0 Å². The molecule has 0 aromatic rings. The van der Waals surface area contributed by atoms with Crippen molar-refractivity contribution in [1.82, 2.24) is 0 Å². The molecule has 1 saturated heterocycles. The van der Waals surface area contributed by atoms with Crippen molar-refractivity contribution in [3.05, 3.63) is 0 Å². The topological polar surface area (TPSA) is 18.5 Å². The summed E-state index contributed by atoms with van der Waals surface area (Å²) < 4.78 is 10.9. The van der Waals surface area contributed by atoms with Crippen molar-refractivity contribution >= 4 is 0 Å². The standard InChI is InChI=1S/C12H24O2/c1-3-5-6-7-8-13-9-12(4-2)10-14-11-12/h3-11H2,1-2H3. The number of rotatable bonds is 8. The first-order valence-electron chi connectivity index (χ1n) is 5.98. The van der Waals surface area contributed by atoms with E-state index in [2.05, 4.69) is 13.8 Å². The van der Waals surface area contributed by atoms with E-state index in [0.717, 1.165) is 26.4 Å². The Labute approximate surface area is 88.0 Å². The predicted octanol–water partition coefficient (Wildman–Crippen LogP) is 3.01. The molecule has 2 heteroatoms. The summed E-state index contributed by atoms with van der Waals surface area (Å²) in [6.07, 6.45) is 6.35. The van der Waals surface area contributed by atoms with Gasteiger partial charge in [-0.3, -0.25) is 0 Å². The number of hydrogen-bond acceptors (Lipinski definition) is 2. The van der Waals surface area contributed by atoms with E-state index in [1.165, 1.54) is 32.1 Å². The summed E-state index contributed by atoms with van der Waals surface area (Å²) in [6.45, 7) is 8.09. The lowest BCUT2D eigenvalue weighted by Crippen LogP contribution is -2.45. The summed E-state index contributed by atoms with van der Waals surface area (Å²) in [4.78, 5) is 0. The Morgan fingerprint density at radius 2 is 1.93 bits per heavy atom. The summed E-state index contributed by atoms with van der Waals surface area (Å²) in [5.74, 6) is 0. The third-order valence-electron chi connectivity index (χ3n) is 3.12. The Bertz CT molecular complexity index is 136. The molecule has 0 spiro atoms. The fraction of sp³-hybridized carbons (Fsp3) is 1.00. The summed E-state index contributed by atoms with van der Waals surface area (Å²) in [5, 5.41) is 0. The Balaban J connectivity index is 1.92. The highest BCUT2D eigenvalue weighted by Crippen LogP contribution is 2.31. The fourth-order valence-electron chi connectivity index (χ4n) is 1.70. The highest BCUT2D eigenvalue weighted by atomic mass is 16.5. The molecule has 2 nitrogen and oxygen atoms in total. The van der Waals surface area contributed by atoms with E-state index in [4.69, 9.17) is 9.47 Å². The van der Waals surface area contributed by atoms with Gasteiger partial charge in [0.05, 0.1) is 19.8 Å². The van der Waals surface area contributed by atoms with Crippen LogP contribution >= 0.6 is 0 Å². The molecule has 0 saturated carbocycles. The highest BCUT2D eigenvalue weighted by molar-refractivity contribution is 4.83. The SMILES string of the molecule is CCCCCCOCC1(CC)COC1. The first kappa shape index (κ1) is 12.0. The second-order valence-electron chi connectivity index (χ2n) is 4.46. The van der Waals surface area contributed by atoms with Crippen LogP contribution in [0, 0.1) is 5.41 Å². The van der Waals surface area contributed by atoms with Crippen LogP contribution in [-0.4, -0.2) is 26.4 Å². The molecule has 1 aliphatic rings. The van der Waals surface area contributed by atoms with Crippen LogP contribution in [0.3, 0.4) is 0 Å². The van der Waals surface area contributed by atoms with Crippen LogP contribution in [0.1, 0.15) is 46.0 Å². The fourth-order valence-corrected chi connectivity index (χ4v) is 1.70. The number of unbranched alkanes of at least 4 members (excludes halogenated alkanes) is 3. The smallest absolute Gasteiger partial charge is 0.0566 e. The minimum absolute atomic E-state index is 0.366. The first-order valence-corrected chi connectivity index (χ1v) is 5.98. The van der Waals surface area contributed by atoms with E-state index in [0.29, 0.717) is 5.41 Å². The van der Waals surface area contributed by atoms with Gasteiger partial charge < -0.3 is 9.47 Å². The molecule has 1 heterocycles. The Kier molecular flexibility index (Phi) is 5.49. The average Bonchev–Trinajstić information content (AvgIpc) is 2.15. The molecular weight excluding hydrogens is 176 g/mol. The van der Waals surface area contributed by atoms with Crippen molar-refractivity contribution in [2.75, 3.05) is 26.4 Å². The van der Waals surface area contributed by atoms with Gasteiger partial charge in [0, 0.05) is 12.0 Å². The zero-order valence-electron chi connectivity index (χ0n) is 9.68. The summed E-state index contributed by atoms with van der Waals surface area (Å²) in [7, 11) is 0. The van der Waals surface area contributed by atoms with Crippen molar-refractivity contribution in [1.29, 1.82) is 0 Å². The molecule has 0 aliphatic carbocycles. The van der Waals surface area contributed by atoms with Crippen LogP contribution in [0.15, 0.2) is 0 Å². The minimum atomic E-state index is 0.366. The second kappa shape index (κ2) is 6.41. The lowest BCUT2D eigenvalue weighted by atomic mass is 9.84. The van der Waals surface area contributed by atoms with E-state index in [1.54, 1.807) is 0 Å². The van der Waals surface area contributed by atoms with Crippen LogP contribution in [0.4, 0.5) is 0 Å². The molecule has 0 unspecified atom stereocenters. The van der Waals surface area contributed by atoms with Crippen LogP contribution in [-0.2, 0) is 9.47 Å². The van der Waals surface area contributed by atoms with E-state index < -0.39 is 0 Å². The molecule has 14 heavy (non-hydrogen) atoms. The van der Waals surface area contributed by atoms with Gasteiger partial charge >= 0.3 is 0 Å². The molecule has 0 aromatic carbocycles. The van der Waals surface area contributed by atoms with Crippen LogP contribution in [0.25, 0.3) is 0 Å². The van der Waals surface area contributed by atoms with Gasteiger partial charge in [-0.2, -0.15) is 0 Å². The summed E-state index contributed by atoms with van der Waals surface area (Å²) in [5.41, 5.74) is 0.366. The zero-order chi connectivity index (χ0) is 10.3. The molecule has 1 fully saturated rings. The third kappa shape index (κ3) is 3.58. The Hall–Kier alpha value is -0.0800. The van der Waals surface area contributed by atoms with Gasteiger partial charge in [0.2, 0.25) is 0 Å². The molecule has 0 N–H and O–H groups in total. The van der Waals surface area contributed by atoms with E-state index in [9.17, 15) is 0 Å². The van der Waals surface area contributed by atoms with Gasteiger partial charge in [-0.1, -0.05) is 33.1 Å². The molecule has 1 aliphatic heterocycles. The van der Waals surface area contributed by atoms with Crippen molar-refractivity contribution in [3.8, 4) is 0 Å². The van der Waals surface area contributed by atoms with E-state index >= 15 is 0 Å². The molecule has 84 valence electrons. The lowest BCUT2D eigenvalue weighted by molar-refractivity contribution is -0.150. The number of hydrogen-bond donors (Lipinski definition) is 0. The molecule has 1 rings (SSSR count). The van der Waals surface area contributed by atoms with E-state index in [-0.39, 0.29) is 0 Å². The molecular formula is C12H24O2. The Morgan fingerprint density at radius 1 is 1.14 bits per heavy atom. The normalized spacial score (nSPS) is 19.3. The maximum Gasteiger partial charge on any atom is 0.0566 e. The van der Waals surface area contributed by atoms with Gasteiger partial charge in [0.1, 0.15) is 0 Å². The van der Waals surface area contributed by atoms with Gasteiger partial charge in [-0.05, 0) is 12.8 Å². The average molecular weight is 200 g/mol. The molecule has 0 bridgehead atoms. The zero-order valence-corrected chi connectivity index (χ0v) is 9.68. The van der Waals surface area contributed by atoms with Crippen molar-refractivity contribution in [3.63, 3.8) is 0 Å². The van der Waals surface area contributed by atoms with Crippen LogP contribution in [0.5, 0.6) is 0 Å². The van der Waals surface area contributed by atoms with Crippen molar-refractivity contribution < 1.29 is 9.47 Å². The lowest BCUT2D eigenvalue weighted by Gasteiger charge is -2.40. The quantitative estimate of drug-likeness (QED) is 0.561.